The van der Waals surface area contributed by atoms with Crippen LogP contribution in [0.1, 0.15) is 15.9 Å². The van der Waals surface area contributed by atoms with Crippen molar-refractivity contribution in [3.8, 4) is 0 Å². The number of halogens is 4. The lowest BCUT2D eigenvalue weighted by atomic mass is 10.0. The minimum absolute atomic E-state index is 0.157. The predicted molar refractivity (Wildman–Crippen MR) is 71.6 cm³/mol. The monoisotopic (exact) mass is 374 g/mol. The molecule has 0 aliphatic carbocycles. The van der Waals surface area contributed by atoms with Crippen LogP contribution >= 0.6 is 31.9 Å². The molecule has 5 heteroatoms. The second-order valence-corrected chi connectivity index (χ2v) is 5.32. The van der Waals surface area contributed by atoms with E-state index in [4.69, 9.17) is 0 Å². The number of ketones is 1. The lowest BCUT2D eigenvalue weighted by molar-refractivity contribution is 0.103. The Morgan fingerprint density at radius 3 is 2.39 bits per heavy atom. The van der Waals surface area contributed by atoms with Gasteiger partial charge >= 0.3 is 0 Å². The summed E-state index contributed by atoms with van der Waals surface area (Å²) in [6, 6.07) is 8.35. The Balaban J connectivity index is 2.51. The van der Waals surface area contributed by atoms with E-state index in [0.717, 1.165) is 0 Å². The van der Waals surface area contributed by atoms with Crippen LogP contribution in [0.25, 0.3) is 0 Å². The van der Waals surface area contributed by atoms with Gasteiger partial charge in [0.05, 0.1) is 15.6 Å². The van der Waals surface area contributed by atoms with E-state index in [1.165, 1.54) is 36.4 Å². The number of hydrogen-bond acceptors (Lipinski definition) is 1. The van der Waals surface area contributed by atoms with Crippen LogP contribution in [0.4, 0.5) is 8.78 Å². The Kier molecular flexibility index (Phi) is 3.92. The van der Waals surface area contributed by atoms with Crippen molar-refractivity contribution in [3.05, 3.63) is 68.1 Å². The van der Waals surface area contributed by atoms with Gasteiger partial charge < -0.3 is 0 Å². The lowest BCUT2D eigenvalue weighted by Crippen LogP contribution is -2.07. The van der Waals surface area contributed by atoms with Gasteiger partial charge in [-0.05, 0) is 46.3 Å². The van der Waals surface area contributed by atoms with Crippen LogP contribution in [-0.4, -0.2) is 5.78 Å². The van der Waals surface area contributed by atoms with Crippen LogP contribution in [0.3, 0.4) is 0 Å². The molecular weight excluding hydrogens is 370 g/mol. The summed E-state index contributed by atoms with van der Waals surface area (Å²) >= 11 is 6.08. The minimum atomic E-state index is -0.690. The van der Waals surface area contributed by atoms with Crippen LogP contribution < -0.4 is 0 Å². The van der Waals surface area contributed by atoms with Crippen molar-refractivity contribution in [1.82, 2.24) is 0 Å². The van der Waals surface area contributed by atoms with E-state index >= 15 is 0 Å². The zero-order valence-electron chi connectivity index (χ0n) is 8.88. The molecule has 0 amide bonds. The molecule has 0 heterocycles. The van der Waals surface area contributed by atoms with Crippen molar-refractivity contribution in [2.24, 2.45) is 0 Å². The summed E-state index contributed by atoms with van der Waals surface area (Å²) in [6.07, 6.45) is 0. The fourth-order valence-corrected chi connectivity index (χ4v) is 2.20. The first-order valence-corrected chi connectivity index (χ1v) is 6.53. The molecule has 0 saturated carbocycles. The van der Waals surface area contributed by atoms with Crippen molar-refractivity contribution >= 4 is 37.6 Å². The van der Waals surface area contributed by atoms with Crippen LogP contribution in [0, 0.1) is 11.6 Å². The number of carbonyl (C=O) groups excluding carboxylic acids is 1. The van der Waals surface area contributed by atoms with E-state index in [2.05, 4.69) is 31.9 Å². The van der Waals surface area contributed by atoms with E-state index in [1.54, 1.807) is 0 Å². The normalized spacial score (nSPS) is 10.4. The van der Waals surface area contributed by atoms with Crippen molar-refractivity contribution in [2.45, 2.75) is 0 Å². The summed E-state index contributed by atoms with van der Waals surface area (Å²) in [7, 11) is 0. The topological polar surface area (TPSA) is 17.1 Å². The standard InChI is InChI=1S/C13H6Br2F2O/c14-7-4-5-8(11(16)6-7)13(18)9-2-1-3-10(15)12(9)17/h1-6H. The lowest BCUT2D eigenvalue weighted by Gasteiger charge is -2.05. The first-order chi connectivity index (χ1) is 8.50. The summed E-state index contributed by atoms with van der Waals surface area (Å²) < 4.78 is 28.1. The molecule has 0 aliphatic heterocycles. The van der Waals surface area contributed by atoms with Crippen LogP contribution in [-0.2, 0) is 0 Å². The molecule has 2 rings (SSSR count). The Bertz CT molecular complexity index is 626. The van der Waals surface area contributed by atoms with Gasteiger partial charge in [-0.1, -0.05) is 22.0 Å². The molecule has 92 valence electrons. The fraction of sp³-hybridized carbons (Fsp3) is 0. The largest absolute Gasteiger partial charge is 0.288 e. The second-order valence-electron chi connectivity index (χ2n) is 3.55. The van der Waals surface area contributed by atoms with E-state index in [-0.39, 0.29) is 15.6 Å². The van der Waals surface area contributed by atoms with Gasteiger partial charge in [-0.15, -0.1) is 0 Å². The molecule has 18 heavy (non-hydrogen) atoms. The van der Waals surface area contributed by atoms with Gasteiger partial charge in [0.1, 0.15) is 11.6 Å². The maximum atomic E-state index is 13.7. The fourth-order valence-electron chi connectivity index (χ4n) is 1.50. The summed E-state index contributed by atoms with van der Waals surface area (Å²) in [6.45, 7) is 0. The van der Waals surface area contributed by atoms with Gasteiger partial charge in [0.25, 0.3) is 0 Å². The summed E-state index contributed by atoms with van der Waals surface area (Å²) in [4.78, 5) is 12.0. The number of rotatable bonds is 2. The first-order valence-electron chi connectivity index (χ1n) is 4.94. The summed E-state index contributed by atoms with van der Waals surface area (Å²) in [5.41, 5.74) is -0.319. The predicted octanol–water partition coefficient (Wildman–Crippen LogP) is 4.72. The SMILES string of the molecule is O=C(c1ccc(Br)cc1F)c1cccc(Br)c1F. The molecular formula is C13H6Br2F2O. The highest BCUT2D eigenvalue weighted by Crippen LogP contribution is 2.23. The quantitative estimate of drug-likeness (QED) is 0.694. The average molecular weight is 376 g/mol. The third-order valence-electron chi connectivity index (χ3n) is 2.37. The maximum Gasteiger partial charge on any atom is 0.198 e. The van der Waals surface area contributed by atoms with Gasteiger partial charge in [-0.25, -0.2) is 8.78 Å². The van der Waals surface area contributed by atoms with Gasteiger partial charge in [0, 0.05) is 4.47 Å². The summed E-state index contributed by atoms with van der Waals surface area (Å²) in [5, 5.41) is 0. The van der Waals surface area contributed by atoms with E-state index < -0.39 is 17.4 Å². The highest BCUT2D eigenvalue weighted by Gasteiger charge is 2.18. The zero-order chi connectivity index (χ0) is 13.3. The Morgan fingerprint density at radius 2 is 1.72 bits per heavy atom. The van der Waals surface area contributed by atoms with Gasteiger partial charge in [-0.3, -0.25) is 4.79 Å². The molecule has 0 aromatic heterocycles. The zero-order valence-corrected chi connectivity index (χ0v) is 12.1. The van der Waals surface area contributed by atoms with Crippen molar-refractivity contribution in [3.63, 3.8) is 0 Å². The van der Waals surface area contributed by atoms with Gasteiger partial charge in [0.2, 0.25) is 0 Å². The van der Waals surface area contributed by atoms with E-state index in [0.29, 0.717) is 4.47 Å². The van der Waals surface area contributed by atoms with Crippen LogP contribution in [0.2, 0.25) is 0 Å². The third kappa shape index (κ3) is 2.52. The van der Waals surface area contributed by atoms with Crippen molar-refractivity contribution in [2.75, 3.05) is 0 Å². The smallest absolute Gasteiger partial charge is 0.198 e. The van der Waals surface area contributed by atoms with Crippen LogP contribution in [0.5, 0.6) is 0 Å². The Morgan fingerprint density at radius 1 is 1.00 bits per heavy atom. The molecule has 0 fully saturated rings. The maximum absolute atomic E-state index is 13.7. The van der Waals surface area contributed by atoms with Gasteiger partial charge in [-0.2, -0.15) is 0 Å². The highest BCUT2D eigenvalue weighted by molar-refractivity contribution is 9.10. The van der Waals surface area contributed by atoms with E-state index in [1.807, 2.05) is 0 Å². The molecule has 0 unspecified atom stereocenters. The van der Waals surface area contributed by atoms with Gasteiger partial charge in [0.15, 0.2) is 5.78 Å². The Labute approximate surface area is 119 Å². The highest BCUT2D eigenvalue weighted by atomic mass is 79.9. The third-order valence-corrected chi connectivity index (χ3v) is 3.48. The molecule has 0 aliphatic rings. The minimum Gasteiger partial charge on any atom is -0.288 e. The van der Waals surface area contributed by atoms with Crippen molar-refractivity contribution in [1.29, 1.82) is 0 Å². The summed E-state index contributed by atoms with van der Waals surface area (Å²) in [5.74, 6) is -2.06. The molecule has 0 N–H and O–H groups in total. The van der Waals surface area contributed by atoms with Crippen molar-refractivity contribution < 1.29 is 13.6 Å². The molecule has 0 saturated heterocycles. The number of hydrogen-bond donors (Lipinski definition) is 0. The molecule has 0 bridgehead atoms. The van der Waals surface area contributed by atoms with E-state index in [9.17, 15) is 13.6 Å². The second kappa shape index (κ2) is 5.28. The molecule has 0 atom stereocenters. The number of benzene rings is 2. The molecule has 2 aromatic carbocycles. The first kappa shape index (κ1) is 13.4. The Hall–Kier alpha value is -1.07. The molecule has 0 radical (unpaired) electrons. The van der Waals surface area contributed by atoms with Crippen LogP contribution in [0.15, 0.2) is 45.3 Å². The molecule has 1 nitrogen and oxygen atoms in total. The average Bonchev–Trinajstić information content (AvgIpc) is 2.32. The number of carbonyl (C=O) groups is 1. The molecule has 2 aromatic rings. The molecule has 0 spiro atoms.